The molecule has 190 valence electrons. The fourth-order valence-corrected chi connectivity index (χ4v) is 6.59. The summed E-state index contributed by atoms with van der Waals surface area (Å²) in [6.45, 7) is 6.47. The molecular formula is C33H23B2NO4. The van der Waals surface area contributed by atoms with Crippen LogP contribution in [0, 0.1) is 0 Å². The van der Waals surface area contributed by atoms with Gasteiger partial charge in [0.2, 0.25) is 11.8 Å². The smallest absolute Gasteiger partial charge is 0.262 e. The molecule has 4 aromatic carbocycles. The van der Waals surface area contributed by atoms with E-state index >= 15 is 0 Å². The highest BCUT2D eigenvalue weighted by molar-refractivity contribution is 7.00. The highest BCUT2D eigenvalue weighted by Crippen LogP contribution is 2.39. The number of benzene rings is 4. The van der Waals surface area contributed by atoms with E-state index in [2.05, 4.69) is 63.2 Å². The summed E-state index contributed by atoms with van der Waals surface area (Å²) in [6.07, 6.45) is 0. The Labute approximate surface area is 232 Å². The van der Waals surface area contributed by atoms with Crippen LogP contribution in [0.1, 0.15) is 26.3 Å². The molecule has 0 fully saturated rings. The fourth-order valence-electron chi connectivity index (χ4n) is 6.59. The van der Waals surface area contributed by atoms with Crippen molar-refractivity contribution in [2.45, 2.75) is 26.2 Å². The van der Waals surface area contributed by atoms with Gasteiger partial charge in [-0.2, -0.15) is 4.98 Å². The molecule has 40 heavy (non-hydrogen) atoms. The first kappa shape index (κ1) is 22.2. The van der Waals surface area contributed by atoms with E-state index in [0.29, 0.717) is 11.8 Å². The summed E-state index contributed by atoms with van der Waals surface area (Å²) < 4.78 is 25.9. The first-order valence-electron chi connectivity index (χ1n) is 13.7. The minimum atomic E-state index is -0.0742. The van der Waals surface area contributed by atoms with Crippen molar-refractivity contribution < 1.29 is 18.9 Å². The number of aromatic nitrogens is 1. The lowest BCUT2D eigenvalue weighted by molar-refractivity contribution is 0.423. The van der Waals surface area contributed by atoms with Crippen LogP contribution < -0.4 is 51.7 Å². The van der Waals surface area contributed by atoms with Gasteiger partial charge in [0, 0.05) is 10.9 Å². The molecule has 0 radical (unpaired) electrons. The SMILES string of the molecule is CC(C)(C)c1cc2c3c(c1)Oc1nc4c(cc1B3c1ccccc1O2)B1c2ccccc2Oc2cccc(c21)O4. The second-order valence-electron chi connectivity index (χ2n) is 11.9. The molecular weight excluding hydrogens is 496 g/mol. The Balaban J connectivity index is 1.31. The average molecular weight is 519 g/mol. The lowest BCUT2D eigenvalue weighted by Crippen LogP contribution is -2.62. The average Bonchev–Trinajstić information content (AvgIpc) is 2.95. The van der Waals surface area contributed by atoms with Crippen LogP contribution >= 0.6 is 0 Å². The van der Waals surface area contributed by atoms with Crippen molar-refractivity contribution in [3.63, 3.8) is 0 Å². The largest absolute Gasteiger partial charge is 0.458 e. The van der Waals surface area contributed by atoms with Gasteiger partial charge in [0.25, 0.3) is 13.4 Å². The molecule has 1 aromatic heterocycles. The molecule has 0 saturated carbocycles. The number of nitrogens with zero attached hydrogens (tertiary/aromatic N) is 1. The number of rotatable bonds is 0. The molecule has 0 spiro atoms. The molecule has 0 unspecified atom stereocenters. The van der Waals surface area contributed by atoms with Crippen molar-refractivity contribution in [1.82, 2.24) is 4.98 Å². The quantitative estimate of drug-likeness (QED) is 0.285. The molecule has 7 heteroatoms. The first-order chi connectivity index (χ1) is 19.4. The van der Waals surface area contributed by atoms with Crippen LogP contribution in [0.2, 0.25) is 0 Å². The van der Waals surface area contributed by atoms with Crippen molar-refractivity contribution in [3.8, 4) is 46.3 Å². The van der Waals surface area contributed by atoms with Crippen LogP contribution in [0.5, 0.6) is 46.3 Å². The lowest BCUT2D eigenvalue weighted by atomic mass is 9.32. The van der Waals surface area contributed by atoms with Crippen molar-refractivity contribution in [1.29, 1.82) is 0 Å². The summed E-state index contributed by atoms with van der Waals surface area (Å²) in [5.74, 6) is 6.08. The van der Waals surface area contributed by atoms with Crippen LogP contribution in [0.3, 0.4) is 0 Å². The summed E-state index contributed by atoms with van der Waals surface area (Å²) in [5.41, 5.74) is 7.40. The molecule has 0 bridgehead atoms. The fraction of sp³-hybridized carbons (Fsp3) is 0.121. The summed E-state index contributed by atoms with van der Waals surface area (Å²) in [6, 6.07) is 29.0. The number of para-hydroxylation sites is 2. The van der Waals surface area contributed by atoms with E-state index in [1.54, 1.807) is 0 Å². The molecule has 0 atom stereocenters. The highest BCUT2D eigenvalue weighted by Gasteiger charge is 2.46. The Hall–Kier alpha value is -4.64. The number of hydrogen-bond donors (Lipinski definition) is 0. The molecule has 0 N–H and O–H groups in total. The van der Waals surface area contributed by atoms with Crippen molar-refractivity contribution in [2.24, 2.45) is 0 Å². The van der Waals surface area contributed by atoms with E-state index in [0.717, 1.165) is 72.8 Å². The summed E-state index contributed by atoms with van der Waals surface area (Å²) in [4.78, 5) is 5.07. The Bertz CT molecular complexity index is 1930. The van der Waals surface area contributed by atoms with Gasteiger partial charge in [0.05, 0.1) is 0 Å². The zero-order chi connectivity index (χ0) is 26.7. The van der Waals surface area contributed by atoms with E-state index < -0.39 is 0 Å². The van der Waals surface area contributed by atoms with Gasteiger partial charge in [-0.3, -0.25) is 0 Å². The number of pyridine rings is 1. The van der Waals surface area contributed by atoms with Gasteiger partial charge in [-0.05, 0) is 69.2 Å². The molecule has 0 saturated heterocycles. The summed E-state index contributed by atoms with van der Waals surface area (Å²) >= 11 is 0. The summed E-state index contributed by atoms with van der Waals surface area (Å²) in [7, 11) is 0. The van der Waals surface area contributed by atoms with Gasteiger partial charge in [0.15, 0.2) is 0 Å². The standard InChI is InChI=1S/C33H23B2NO4/c1-33(2,3)18-15-27-30-28(16-18)40-32-22(35(30)20-10-5-7-12-24(20)38-27)17-21-31(36-32)39-26-14-8-13-25-29(26)34(21)19-9-4-6-11-23(19)37-25/h4-17H,1-3H3. The predicted octanol–water partition coefficient (Wildman–Crippen LogP) is 3.83. The maximum Gasteiger partial charge on any atom is 0.262 e. The number of ether oxygens (including phenoxy) is 4. The predicted molar refractivity (Wildman–Crippen MR) is 158 cm³/mol. The topological polar surface area (TPSA) is 49.8 Å². The third kappa shape index (κ3) is 2.92. The van der Waals surface area contributed by atoms with Gasteiger partial charge in [-0.1, -0.05) is 69.3 Å². The number of fused-ring (bicyclic) bond motifs is 8. The Morgan fingerprint density at radius 3 is 1.60 bits per heavy atom. The third-order valence-corrected chi connectivity index (χ3v) is 8.52. The normalized spacial score (nSPS) is 14.6. The van der Waals surface area contributed by atoms with Gasteiger partial charge in [-0.25, -0.2) is 0 Å². The minimum Gasteiger partial charge on any atom is -0.458 e. The summed E-state index contributed by atoms with van der Waals surface area (Å²) in [5, 5.41) is 0. The van der Waals surface area contributed by atoms with Gasteiger partial charge >= 0.3 is 0 Å². The van der Waals surface area contributed by atoms with Crippen molar-refractivity contribution in [2.75, 3.05) is 0 Å². The molecule has 4 aliphatic heterocycles. The molecule has 5 heterocycles. The second kappa shape index (κ2) is 7.51. The van der Waals surface area contributed by atoms with Crippen molar-refractivity contribution >= 4 is 46.2 Å². The zero-order valence-electron chi connectivity index (χ0n) is 22.3. The Morgan fingerprint density at radius 1 is 0.500 bits per heavy atom. The molecule has 0 amide bonds. The Kier molecular flexibility index (Phi) is 4.17. The van der Waals surface area contributed by atoms with Crippen molar-refractivity contribution in [3.05, 3.63) is 90.5 Å². The van der Waals surface area contributed by atoms with Gasteiger partial charge < -0.3 is 18.9 Å². The lowest BCUT2D eigenvalue weighted by Gasteiger charge is -2.36. The molecule has 4 aliphatic rings. The Morgan fingerprint density at radius 2 is 0.975 bits per heavy atom. The molecule has 9 rings (SSSR count). The first-order valence-corrected chi connectivity index (χ1v) is 13.7. The monoisotopic (exact) mass is 519 g/mol. The minimum absolute atomic E-state index is 0.0584. The van der Waals surface area contributed by atoms with Gasteiger partial charge in [-0.15, -0.1) is 0 Å². The van der Waals surface area contributed by atoms with Crippen LogP contribution in [0.15, 0.2) is 84.9 Å². The zero-order valence-corrected chi connectivity index (χ0v) is 22.3. The molecule has 0 aliphatic carbocycles. The van der Waals surface area contributed by atoms with Crippen LogP contribution in [-0.4, -0.2) is 18.4 Å². The molecule has 5 aromatic rings. The van der Waals surface area contributed by atoms with E-state index in [4.69, 9.17) is 23.9 Å². The van der Waals surface area contributed by atoms with Crippen LogP contribution in [0.25, 0.3) is 0 Å². The van der Waals surface area contributed by atoms with E-state index in [9.17, 15) is 0 Å². The van der Waals surface area contributed by atoms with E-state index in [1.807, 2.05) is 42.5 Å². The maximum absolute atomic E-state index is 6.61. The second-order valence-corrected chi connectivity index (χ2v) is 11.9. The third-order valence-electron chi connectivity index (χ3n) is 8.52. The van der Waals surface area contributed by atoms with Gasteiger partial charge in [0.1, 0.15) is 34.5 Å². The van der Waals surface area contributed by atoms with E-state index in [-0.39, 0.29) is 18.8 Å². The van der Waals surface area contributed by atoms with Crippen LogP contribution in [-0.2, 0) is 5.41 Å². The van der Waals surface area contributed by atoms with Crippen LogP contribution in [0.4, 0.5) is 0 Å². The number of hydrogen-bond acceptors (Lipinski definition) is 5. The van der Waals surface area contributed by atoms with E-state index in [1.165, 1.54) is 0 Å². The molecule has 5 nitrogen and oxygen atoms in total. The maximum atomic E-state index is 6.61. The highest BCUT2D eigenvalue weighted by atomic mass is 16.5.